The van der Waals surface area contributed by atoms with Gasteiger partial charge in [-0.05, 0) is 32.0 Å². The van der Waals surface area contributed by atoms with Gasteiger partial charge < -0.3 is 14.1 Å². The number of furan rings is 1. The number of aryl methyl sites for hydroxylation is 1. The lowest BCUT2D eigenvalue weighted by Gasteiger charge is -2.20. The number of carbonyl (C=O) groups is 2. The third-order valence-corrected chi connectivity index (χ3v) is 3.89. The number of benzene rings is 1. The molecule has 0 aliphatic heterocycles. The molecule has 2 rings (SSSR count). The molecule has 0 fully saturated rings. The van der Waals surface area contributed by atoms with Crippen LogP contribution in [0.2, 0.25) is 5.02 Å². The summed E-state index contributed by atoms with van der Waals surface area (Å²) in [7, 11) is 1.55. The lowest BCUT2D eigenvalue weighted by Crippen LogP contribution is -2.37. The monoisotopic (exact) mass is 348 g/mol. The van der Waals surface area contributed by atoms with Crippen LogP contribution in [0.15, 0.2) is 22.6 Å². The van der Waals surface area contributed by atoms with Crippen LogP contribution >= 0.6 is 11.6 Å². The number of hydrogen-bond donors (Lipinski definition) is 0. The third kappa shape index (κ3) is 3.69. The molecule has 1 amide bonds. The summed E-state index contributed by atoms with van der Waals surface area (Å²) < 4.78 is 10.7. The van der Waals surface area contributed by atoms with Gasteiger partial charge in [-0.2, -0.15) is 5.26 Å². The smallest absolute Gasteiger partial charge is 0.375 e. The molecule has 0 radical (unpaired) electrons. The van der Waals surface area contributed by atoms with Crippen LogP contribution in [-0.4, -0.2) is 36.5 Å². The second-order valence-corrected chi connectivity index (χ2v) is 5.85. The molecule has 1 heterocycles. The lowest BCUT2D eigenvalue weighted by molar-refractivity contribution is -0.138. The first-order chi connectivity index (χ1) is 11.3. The Morgan fingerprint density at radius 3 is 2.83 bits per heavy atom. The number of halogens is 1. The number of ether oxygens (including phenoxy) is 1. The molecule has 126 valence electrons. The quantitative estimate of drug-likeness (QED) is 0.774. The van der Waals surface area contributed by atoms with Crippen LogP contribution in [-0.2, 0) is 9.53 Å². The van der Waals surface area contributed by atoms with Crippen LogP contribution < -0.4 is 0 Å². The normalized spacial score (nSPS) is 11.8. The van der Waals surface area contributed by atoms with Crippen LogP contribution in [0.5, 0.6) is 0 Å². The number of fused-ring (bicyclic) bond motifs is 1. The first-order valence-corrected chi connectivity index (χ1v) is 7.74. The number of amides is 1. The molecule has 24 heavy (non-hydrogen) atoms. The maximum absolute atomic E-state index is 12.3. The fourth-order valence-electron chi connectivity index (χ4n) is 2.29. The molecule has 0 N–H and O–H groups in total. The van der Waals surface area contributed by atoms with E-state index in [4.69, 9.17) is 26.0 Å². The van der Waals surface area contributed by atoms with E-state index < -0.39 is 12.1 Å². The standard InChI is InChI=1S/C17H17ClN2O4/c1-10-13-9-12(18)5-6-14(13)24-15(10)17(22)23-11(2)16(21)20(3)8-4-7-19/h5-6,9,11H,4,8H2,1-3H3/t11-/m1/s1. The van der Waals surface area contributed by atoms with E-state index in [9.17, 15) is 9.59 Å². The maximum Gasteiger partial charge on any atom is 0.375 e. The van der Waals surface area contributed by atoms with Crippen molar-refractivity contribution in [1.82, 2.24) is 4.90 Å². The molecule has 6 nitrogen and oxygen atoms in total. The minimum Gasteiger partial charge on any atom is -0.449 e. The Balaban J connectivity index is 2.14. The predicted molar refractivity (Wildman–Crippen MR) is 88.7 cm³/mol. The fourth-order valence-corrected chi connectivity index (χ4v) is 2.46. The zero-order chi connectivity index (χ0) is 17.9. The summed E-state index contributed by atoms with van der Waals surface area (Å²) in [5.41, 5.74) is 1.13. The van der Waals surface area contributed by atoms with Crippen molar-refractivity contribution < 1.29 is 18.7 Å². The Morgan fingerprint density at radius 2 is 2.17 bits per heavy atom. The highest BCUT2D eigenvalue weighted by Gasteiger charge is 2.25. The van der Waals surface area contributed by atoms with E-state index in [1.807, 2.05) is 6.07 Å². The van der Waals surface area contributed by atoms with Crippen molar-refractivity contribution >= 4 is 34.4 Å². The van der Waals surface area contributed by atoms with Crippen LogP contribution in [0.3, 0.4) is 0 Å². The summed E-state index contributed by atoms with van der Waals surface area (Å²) in [6.07, 6.45) is -0.760. The third-order valence-electron chi connectivity index (χ3n) is 3.65. The van der Waals surface area contributed by atoms with Gasteiger partial charge in [0.25, 0.3) is 5.91 Å². The van der Waals surface area contributed by atoms with E-state index in [-0.39, 0.29) is 24.6 Å². The van der Waals surface area contributed by atoms with Gasteiger partial charge in [0.15, 0.2) is 6.10 Å². The Morgan fingerprint density at radius 1 is 1.46 bits per heavy atom. The van der Waals surface area contributed by atoms with Crippen LogP contribution in [0, 0.1) is 18.3 Å². The van der Waals surface area contributed by atoms with Gasteiger partial charge >= 0.3 is 5.97 Å². The molecule has 0 aliphatic carbocycles. The summed E-state index contributed by atoms with van der Waals surface area (Å²) in [6, 6.07) is 7.00. The summed E-state index contributed by atoms with van der Waals surface area (Å²) in [4.78, 5) is 25.8. The number of likely N-dealkylation sites (N-methyl/N-ethyl adjacent to an activating group) is 1. The average molecular weight is 349 g/mol. The van der Waals surface area contributed by atoms with Crippen molar-refractivity contribution in [3.63, 3.8) is 0 Å². The van der Waals surface area contributed by atoms with Gasteiger partial charge in [-0.3, -0.25) is 4.79 Å². The summed E-state index contributed by atoms with van der Waals surface area (Å²) >= 11 is 5.95. The highest BCUT2D eigenvalue weighted by atomic mass is 35.5. The fraction of sp³-hybridized carbons (Fsp3) is 0.353. The molecule has 1 aromatic heterocycles. The van der Waals surface area contributed by atoms with Crippen molar-refractivity contribution in [3.05, 3.63) is 34.5 Å². The number of esters is 1. The average Bonchev–Trinajstić information content (AvgIpc) is 2.88. The summed E-state index contributed by atoms with van der Waals surface area (Å²) in [5.74, 6) is -1.05. The van der Waals surface area contributed by atoms with Gasteiger partial charge in [-0.15, -0.1) is 0 Å². The zero-order valence-electron chi connectivity index (χ0n) is 13.6. The Hall–Kier alpha value is -2.52. The second kappa shape index (κ2) is 7.37. The van der Waals surface area contributed by atoms with E-state index in [1.165, 1.54) is 11.8 Å². The van der Waals surface area contributed by atoms with Crippen LogP contribution in [0.25, 0.3) is 11.0 Å². The minimum absolute atomic E-state index is 0.0478. The Labute approximate surface area is 144 Å². The molecule has 0 spiro atoms. The van der Waals surface area contributed by atoms with E-state index in [0.29, 0.717) is 16.2 Å². The van der Waals surface area contributed by atoms with Crippen molar-refractivity contribution in [2.45, 2.75) is 26.4 Å². The number of nitriles is 1. The van der Waals surface area contributed by atoms with E-state index >= 15 is 0 Å². The first-order valence-electron chi connectivity index (χ1n) is 7.36. The summed E-state index contributed by atoms with van der Waals surface area (Å²) in [6.45, 7) is 3.49. The highest BCUT2D eigenvalue weighted by Crippen LogP contribution is 2.28. The molecule has 0 saturated heterocycles. The largest absolute Gasteiger partial charge is 0.449 e. The van der Waals surface area contributed by atoms with Gasteiger partial charge in [0.05, 0.1) is 12.5 Å². The van der Waals surface area contributed by atoms with Gasteiger partial charge in [-0.25, -0.2) is 4.79 Å². The minimum atomic E-state index is -0.975. The van der Waals surface area contributed by atoms with Gasteiger partial charge in [0.2, 0.25) is 5.76 Å². The number of rotatable bonds is 5. The molecule has 0 bridgehead atoms. The van der Waals surface area contributed by atoms with Crippen molar-refractivity contribution in [3.8, 4) is 6.07 Å². The van der Waals surface area contributed by atoms with Gasteiger partial charge in [-0.1, -0.05) is 11.6 Å². The van der Waals surface area contributed by atoms with Crippen molar-refractivity contribution in [1.29, 1.82) is 5.26 Å². The number of carbonyl (C=O) groups excluding carboxylic acids is 2. The molecule has 7 heteroatoms. The molecular weight excluding hydrogens is 332 g/mol. The van der Waals surface area contributed by atoms with E-state index in [2.05, 4.69) is 0 Å². The number of nitrogens with zero attached hydrogens (tertiary/aromatic N) is 2. The highest BCUT2D eigenvalue weighted by molar-refractivity contribution is 6.31. The maximum atomic E-state index is 12.3. The predicted octanol–water partition coefficient (Wildman–Crippen LogP) is 3.31. The molecule has 0 aliphatic rings. The van der Waals surface area contributed by atoms with Crippen LogP contribution in [0.4, 0.5) is 0 Å². The summed E-state index contributed by atoms with van der Waals surface area (Å²) in [5, 5.41) is 9.81. The topological polar surface area (TPSA) is 83.5 Å². The van der Waals surface area contributed by atoms with Crippen molar-refractivity contribution in [2.75, 3.05) is 13.6 Å². The molecule has 1 aromatic carbocycles. The SMILES string of the molecule is Cc1c(C(=O)O[C@H](C)C(=O)N(C)CCC#N)oc2ccc(Cl)cc12. The Bertz CT molecular complexity index is 822. The van der Waals surface area contributed by atoms with E-state index in [0.717, 1.165) is 5.39 Å². The molecule has 2 aromatic rings. The molecular formula is C17H17ClN2O4. The zero-order valence-corrected chi connectivity index (χ0v) is 14.4. The molecule has 1 atom stereocenters. The molecule has 0 unspecified atom stereocenters. The van der Waals surface area contributed by atoms with Gasteiger partial charge in [0, 0.05) is 29.6 Å². The second-order valence-electron chi connectivity index (χ2n) is 5.41. The van der Waals surface area contributed by atoms with Crippen molar-refractivity contribution in [2.24, 2.45) is 0 Å². The molecule has 0 saturated carbocycles. The van der Waals surface area contributed by atoms with Gasteiger partial charge in [0.1, 0.15) is 5.58 Å². The lowest BCUT2D eigenvalue weighted by atomic mass is 10.1. The van der Waals surface area contributed by atoms with E-state index in [1.54, 1.807) is 32.2 Å². The van der Waals surface area contributed by atoms with Crippen LogP contribution in [0.1, 0.15) is 29.5 Å². The number of hydrogen-bond acceptors (Lipinski definition) is 5. The Kier molecular flexibility index (Phi) is 5.47. The first kappa shape index (κ1) is 17.8.